The summed E-state index contributed by atoms with van der Waals surface area (Å²) in [5, 5.41) is 0. The Hall–Kier alpha value is -0.525. The van der Waals surface area contributed by atoms with Gasteiger partial charge in [0.15, 0.2) is 0 Å². The summed E-state index contributed by atoms with van der Waals surface area (Å²) < 4.78 is 5.67. The van der Waals surface area contributed by atoms with Gasteiger partial charge in [0.05, 0.1) is 12.3 Å². The molecule has 0 saturated carbocycles. The number of rotatable bonds is 5. The predicted octanol–water partition coefficient (Wildman–Crippen LogP) is 1.84. The zero-order chi connectivity index (χ0) is 10.6. The summed E-state index contributed by atoms with van der Waals surface area (Å²) in [4.78, 5) is 0. The first kappa shape index (κ1) is 11.5. The van der Waals surface area contributed by atoms with Gasteiger partial charge in [-0.2, -0.15) is 0 Å². The molecule has 1 rings (SSSR count). The van der Waals surface area contributed by atoms with Gasteiger partial charge < -0.3 is 4.42 Å². The molecule has 14 heavy (non-hydrogen) atoms. The fraction of sp³-hybridized carbons (Fsp3) is 0.600. The molecule has 4 heteroatoms. The molecule has 70 valence electrons. The lowest BCUT2D eigenvalue weighted by molar-refractivity contribution is 0.470. The monoisotopic (exact) mass is 184 g/mol. The van der Waals surface area contributed by atoms with E-state index < -0.39 is 0 Å². The Labute approximate surface area is 89.5 Å². The van der Waals surface area contributed by atoms with Crippen molar-refractivity contribution in [2.45, 2.75) is 39.4 Å². The van der Waals surface area contributed by atoms with Crippen LogP contribution in [0.3, 0.4) is 0 Å². The quantitative estimate of drug-likeness (QED) is 0.635. The molecule has 4 radical (unpaired) electrons. The van der Waals surface area contributed by atoms with Crippen LogP contribution in [0.1, 0.15) is 36.8 Å². The molecule has 0 N–H and O–H groups in total. The van der Waals surface area contributed by atoms with Crippen LogP contribution in [0.15, 0.2) is 10.5 Å². The molecule has 0 fully saturated rings. The lowest BCUT2D eigenvalue weighted by Gasteiger charge is -1.98. The molecule has 0 aliphatic carbocycles. The van der Waals surface area contributed by atoms with Gasteiger partial charge in [0.25, 0.3) is 0 Å². The van der Waals surface area contributed by atoms with Gasteiger partial charge in [-0.1, -0.05) is 13.3 Å². The van der Waals surface area contributed by atoms with E-state index in [0.29, 0.717) is 6.32 Å². The highest BCUT2D eigenvalue weighted by molar-refractivity contribution is 7.28. The normalized spacial score (nSPS) is 10.4. The fourth-order valence-corrected chi connectivity index (χ4v) is 1.51. The Morgan fingerprint density at radius 1 is 1.43 bits per heavy atom. The first-order chi connectivity index (χ1) is 6.63. The Kier molecular flexibility index (Phi) is 4.44. The van der Waals surface area contributed by atoms with Gasteiger partial charge in [0.1, 0.15) is 5.76 Å². The van der Waals surface area contributed by atoms with Gasteiger partial charge in [-0.05, 0) is 31.3 Å². The van der Waals surface area contributed by atoms with Crippen LogP contribution in [0, 0.1) is 6.92 Å². The van der Waals surface area contributed by atoms with Crippen molar-refractivity contribution < 1.29 is 4.42 Å². The molecule has 0 amide bonds. The van der Waals surface area contributed by atoms with Crippen molar-refractivity contribution in [3.63, 3.8) is 0 Å². The van der Waals surface area contributed by atoms with E-state index in [2.05, 4.69) is 13.8 Å². The second kappa shape index (κ2) is 5.38. The number of hydrogen-bond acceptors (Lipinski definition) is 1. The average Bonchev–Trinajstić information content (AvgIpc) is 2.41. The van der Waals surface area contributed by atoms with Crippen molar-refractivity contribution in [3.8, 4) is 0 Å². The maximum Gasteiger partial charge on any atom is 0.107 e. The Bertz CT molecular complexity index is 281. The van der Waals surface area contributed by atoms with E-state index >= 15 is 0 Å². The highest BCUT2D eigenvalue weighted by Crippen LogP contribution is 2.17. The summed E-state index contributed by atoms with van der Waals surface area (Å²) in [6, 6.07) is 2.04. The second-order valence-corrected chi connectivity index (χ2v) is 3.79. The average molecular weight is 184 g/mol. The van der Waals surface area contributed by atoms with Crippen molar-refractivity contribution >= 4 is 22.0 Å². The minimum atomic E-state index is -0.320. The van der Waals surface area contributed by atoms with Crippen molar-refractivity contribution in [2.24, 2.45) is 0 Å². The first-order valence-electron chi connectivity index (χ1n) is 5.22. The van der Waals surface area contributed by atoms with Crippen LogP contribution in [0.5, 0.6) is 0 Å². The van der Waals surface area contributed by atoms with Crippen molar-refractivity contribution in [1.82, 2.24) is 0 Å². The summed E-state index contributed by atoms with van der Waals surface area (Å²) in [6.45, 7) is 3.93. The fourth-order valence-electron chi connectivity index (χ4n) is 1.51. The number of furan rings is 1. The SMILES string of the molecule is [B]B([B])Cc1cc(C)c(CCCC)o1. The predicted molar refractivity (Wildman–Crippen MR) is 63.0 cm³/mol. The summed E-state index contributed by atoms with van der Waals surface area (Å²) >= 11 is 0. The van der Waals surface area contributed by atoms with Gasteiger partial charge in [-0.3, -0.25) is 0 Å². The highest BCUT2D eigenvalue weighted by Gasteiger charge is 2.08. The molecule has 0 aromatic carbocycles. The molecule has 1 heterocycles. The van der Waals surface area contributed by atoms with Crippen molar-refractivity contribution in [3.05, 3.63) is 23.2 Å². The lowest BCUT2D eigenvalue weighted by atomic mass is 9.18. The third-order valence-electron chi connectivity index (χ3n) is 2.27. The van der Waals surface area contributed by atoms with Crippen LogP contribution in [-0.4, -0.2) is 22.0 Å². The van der Waals surface area contributed by atoms with Crippen molar-refractivity contribution in [2.75, 3.05) is 0 Å². The van der Waals surface area contributed by atoms with E-state index in [4.69, 9.17) is 19.9 Å². The number of aryl methyl sites for hydroxylation is 2. The van der Waals surface area contributed by atoms with Crippen LogP contribution < -0.4 is 0 Å². The van der Waals surface area contributed by atoms with Gasteiger partial charge in [0, 0.05) is 21.9 Å². The zero-order valence-corrected chi connectivity index (χ0v) is 9.05. The van der Waals surface area contributed by atoms with E-state index in [9.17, 15) is 0 Å². The molecule has 0 atom stereocenters. The molecular formula is C10H15B3O. The minimum Gasteiger partial charge on any atom is -0.467 e. The smallest absolute Gasteiger partial charge is 0.107 e. The van der Waals surface area contributed by atoms with Crippen LogP contribution in [0.4, 0.5) is 0 Å². The summed E-state index contributed by atoms with van der Waals surface area (Å²) in [6.07, 6.45) is 3.99. The maximum absolute atomic E-state index is 5.67. The Morgan fingerprint density at radius 3 is 2.71 bits per heavy atom. The van der Waals surface area contributed by atoms with E-state index in [-0.39, 0.29) is 6.49 Å². The van der Waals surface area contributed by atoms with E-state index in [0.717, 1.165) is 17.9 Å². The highest BCUT2D eigenvalue weighted by atomic mass is 16.3. The lowest BCUT2D eigenvalue weighted by Crippen LogP contribution is -2.16. The molecule has 1 aromatic heterocycles. The van der Waals surface area contributed by atoms with Gasteiger partial charge in [-0.25, -0.2) is 0 Å². The third kappa shape index (κ3) is 3.32. The maximum atomic E-state index is 5.67. The summed E-state index contributed by atoms with van der Waals surface area (Å²) in [5.41, 5.74) is 1.22. The molecule has 0 unspecified atom stereocenters. The molecule has 0 aliphatic rings. The molecule has 1 aromatic rings. The van der Waals surface area contributed by atoms with Crippen LogP contribution in [0.2, 0.25) is 0 Å². The zero-order valence-electron chi connectivity index (χ0n) is 9.05. The topological polar surface area (TPSA) is 13.1 Å². The Balaban J connectivity index is 2.62. The Morgan fingerprint density at radius 2 is 2.14 bits per heavy atom. The van der Waals surface area contributed by atoms with Crippen LogP contribution >= 0.6 is 0 Å². The van der Waals surface area contributed by atoms with E-state index in [1.807, 2.05) is 6.07 Å². The molecule has 1 nitrogen and oxygen atoms in total. The first-order valence-corrected chi connectivity index (χ1v) is 5.22. The largest absolute Gasteiger partial charge is 0.467 e. The number of hydrogen-bond donors (Lipinski definition) is 0. The van der Waals surface area contributed by atoms with Crippen LogP contribution in [0.25, 0.3) is 0 Å². The standard InChI is InChI=1S/C10H15B3O/c1-3-4-5-10-8(2)6-9(14-10)7-13(11)12/h6H,3-5,7H2,1-2H3. The molecule has 0 saturated heterocycles. The third-order valence-corrected chi connectivity index (χ3v) is 2.27. The number of unbranched alkanes of at least 4 members (excludes halogenated alkanes) is 1. The second-order valence-electron chi connectivity index (χ2n) is 3.79. The summed E-state index contributed by atoms with van der Waals surface area (Å²) in [5.74, 6) is 1.99. The van der Waals surface area contributed by atoms with Gasteiger partial charge in [0.2, 0.25) is 0 Å². The van der Waals surface area contributed by atoms with E-state index in [1.54, 1.807) is 0 Å². The molecule has 0 spiro atoms. The molecule has 0 aliphatic heterocycles. The van der Waals surface area contributed by atoms with Crippen LogP contribution in [-0.2, 0) is 12.7 Å². The van der Waals surface area contributed by atoms with Gasteiger partial charge >= 0.3 is 0 Å². The van der Waals surface area contributed by atoms with Gasteiger partial charge in [-0.15, -0.1) is 0 Å². The molecule has 0 bridgehead atoms. The minimum absolute atomic E-state index is 0.320. The van der Waals surface area contributed by atoms with Crippen molar-refractivity contribution in [1.29, 1.82) is 0 Å². The van der Waals surface area contributed by atoms with E-state index in [1.165, 1.54) is 18.4 Å². The summed E-state index contributed by atoms with van der Waals surface area (Å²) in [7, 11) is 11.0. The molecular weight excluding hydrogens is 169 g/mol.